The average molecular weight is 414 g/mol. The molecular formula is C19H21Cl2NO5. The number of Topliss-reactive ketones (excluding diaryl/α,β-unsaturated/α-hetero) is 1. The van der Waals surface area contributed by atoms with Crippen LogP contribution in [-0.4, -0.2) is 34.4 Å². The molecular weight excluding hydrogens is 393 g/mol. The van der Waals surface area contributed by atoms with Gasteiger partial charge in [-0.1, -0.05) is 36.7 Å². The maximum atomic E-state index is 12.5. The fourth-order valence-corrected chi connectivity index (χ4v) is 3.06. The number of hydrogen-bond acceptors (Lipinski definition) is 4. The second-order valence-electron chi connectivity index (χ2n) is 6.51. The van der Waals surface area contributed by atoms with E-state index in [9.17, 15) is 14.4 Å². The predicted molar refractivity (Wildman–Crippen MR) is 103 cm³/mol. The molecule has 1 aromatic rings. The molecule has 1 aromatic carbocycles. The van der Waals surface area contributed by atoms with E-state index in [0.29, 0.717) is 24.8 Å². The van der Waals surface area contributed by atoms with Gasteiger partial charge in [-0.2, -0.15) is 0 Å². The van der Waals surface area contributed by atoms with Crippen LogP contribution in [0, 0.1) is 0 Å². The number of amides is 1. The first-order valence-corrected chi connectivity index (χ1v) is 9.31. The molecule has 0 aliphatic heterocycles. The molecule has 2 N–H and O–H groups in total. The molecule has 27 heavy (non-hydrogen) atoms. The highest BCUT2D eigenvalue weighted by atomic mass is 35.5. The number of hydrogen-bond donors (Lipinski definition) is 2. The van der Waals surface area contributed by atoms with Gasteiger partial charge >= 0.3 is 5.97 Å². The van der Waals surface area contributed by atoms with Crippen LogP contribution in [0.25, 0.3) is 0 Å². The second-order valence-corrected chi connectivity index (χ2v) is 7.26. The number of aliphatic carboxylic acids is 1. The Hall–Kier alpha value is -2.05. The van der Waals surface area contributed by atoms with Crippen molar-refractivity contribution in [2.45, 2.75) is 51.2 Å². The summed E-state index contributed by atoms with van der Waals surface area (Å²) in [6, 6.07) is 1.92. The zero-order valence-corrected chi connectivity index (χ0v) is 16.6. The van der Waals surface area contributed by atoms with E-state index < -0.39 is 23.5 Å². The van der Waals surface area contributed by atoms with Crippen LogP contribution < -0.4 is 10.1 Å². The highest BCUT2D eigenvalue weighted by Crippen LogP contribution is 2.42. The maximum Gasteiger partial charge on any atom is 0.325 e. The number of nitrogens with one attached hydrogen (secondary N) is 1. The van der Waals surface area contributed by atoms with Crippen molar-refractivity contribution in [2.24, 2.45) is 0 Å². The summed E-state index contributed by atoms with van der Waals surface area (Å²) in [5.41, 5.74) is -0.582. The fraction of sp³-hybridized carbons (Fsp3) is 0.421. The second kappa shape index (κ2) is 8.31. The van der Waals surface area contributed by atoms with Crippen LogP contribution >= 0.6 is 23.2 Å². The quantitative estimate of drug-likeness (QED) is 0.495. The number of carboxylic acids is 1. The van der Waals surface area contributed by atoms with E-state index in [1.54, 1.807) is 0 Å². The van der Waals surface area contributed by atoms with Gasteiger partial charge in [0.25, 0.3) is 5.91 Å². The highest BCUT2D eigenvalue weighted by molar-refractivity contribution is 6.45. The van der Waals surface area contributed by atoms with Gasteiger partial charge in [0.1, 0.15) is 16.8 Å². The predicted octanol–water partition coefficient (Wildman–Crippen LogP) is 4.03. The van der Waals surface area contributed by atoms with Gasteiger partial charge in [0.05, 0.1) is 5.02 Å². The Morgan fingerprint density at radius 2 is 1.93 bits per heavy atom. The minimum absolute atomic E-state index is 0.0248. The third kappa shape index (κ3) is 4.28. The van der Waals surface area contributed by atoms with Crippen LogP contribution in [0.15, 0.2) is 24.3 Å². The van der Waals surface area contributed by atoms with Crippen LogP contribution in [0.1, 0.15) is 49.9 Å². The normalized spacial score (nSPS) is 16.0. The summed E-state index contributed by atoms with van der Waals surface area (Å²) in [6.07, 6.45) is 2.09. The first-order valence-electron chi connectivity index (χ1n) is 8.56. The van der Waals surface area contributed by atoms with Gasteiger partial charge in [0.2, 0.25) is 0 Å². The average Bonchev–Trinajstić information content (AvgIpc) is 2.59. The molecule has 1 saturated carbocycles. The molecule has 1 aliphatic rings. The third-order valence-electron chi connectivity index (χ3n) is 4.64. The van der Waals surface area contributed by atoms with Crippen LogP contribution in [-0.2, 0) is 9.59 Å². The summed E-state index contributed by atoms with van der Waals surface area (Å²) < 4.78 is 5.86. The number of carbonyl (C=O) groups is 3. The van der Waals surface area contributed by atoms with Crippen LogP contribution in [0.2, 0.25) is 10.0 Å². The summed E-state index contributed by atoms with van der Waals surface area (Å²) in [5, 5.41) is 11.5. The van der Waals surface area contributed by atoms with E-state index in [4.69, 9.17) is 33.0 Å². The van der Waals surface area contributed by atoms with Crippen molar-refractivity contribution in [3.05, 3.63) is 39.9 Å². The molecule has 6 nitrogen and oxygen atoms in total. The summed E-state index contributed by atoms with van der Waals surface area (Å²) >= 11 is 12.5. The molecule has 0 aromatic heterocycles. The molecule has 0 saturated heterocycles. The number of carbonyl (C=O) groups excluding carboxylic acids is 2. The minimum Gasteiger partial charge on any atom is -0.480 e. The molecule has 0 radical (unpaired) electrons. The lowest BCUT2D eigenvalue weighted by atomic mass is 9.79. The van der Waals surface area contributed by atoms with E-state index in [1.165, 1.54) is 19.1 Å². The Morgan fingerprint density at radius 1 is 1.30 bits per heavy atom. The number of allylic oxidation sites excluding steroid dienone is 1. The van der Waals surface area contributed by atoms with Crippen molar-refractivity contribution in [3.8, 4) is 5.75 Å². The molecule has 0 bridgehead atoms. The highest BCUT2D eigenvalue weighted by Gasteiger charge is 2.48. The molecule has 0 heterocycles. The number of carboxylic acid groups (broad SMARTS) is 1. The van der Waals surface area contributed by atoms with Crippen molar-refractivity contribution in [1.29, 1.82) is 0 Å². The standard InChI is InChI=1S/C19H21Cl2NO5/c1-4-10(2)16(23)12-6-7-13(15(21)14(12)20)27-19(8-5-9-19)18(26)22-11(3)17(24)25/h6-7,11H,2,4-5,8-9H2,1,3H3,(H,22,26)(H,24,25)/t11-/m0/s1. The van der Waals surface area contributed by atoms with Gasteiger partial charge in [-0.25, -0.2) is 0 Å². The third-order valence-corrected chi connectivity index (χ3v) is 5.50. The van der Waals surface area contributed by atoms with Gasteiger partial charge in [0.15, 0.2) is 11.4 Å². The Labute approximate surface area is 167 Å². The zero-order chi connectivity index (χ0) is 20.4. The van der Waals surface area contributed by atoms with Crippen molar-refractivity contribution >= 4 is 40.9 Å². The minimum atomic E-state index is -1.20. The Bertz CT molecular complexity index is 802. The van der Waals surface area contributed by atoms with E-state index >= 15 is 0 Å². The van der Waals surface area contributed by atoms with Crippen LogP contribution in [0.4, 0.5) is 0 Å². The summed E-state index contributed by atoms with van der Waals surface area (Å²) in [7, 11) is 0. The molecule has 146 valence electrons. The number of ketones is 1. The largest absolute Gasteiger partial charge is 0.480 e. The topological polar surface area (TPSA) is 92.7 Å². The van der Waals surface area contributed by atoms with Gasteiger partial charge in [-0.05, 0) is 50.3 Å². The molecule has 1 fully saturated rings. The molecule has 0 unspecified atom stereocenters. The summed E-state index contributed by atoms with van der Waals surface area (Å²) in [5.74, 6) is -1.80. The number of benzene rings is 1. The molecule has 1 amide bonds. The van der Waals surface area contributed by atoms with Gasteiger partial charge in [0, 0.05) is 5.56 Å². The first-order chi connectivity index (χ1) is 12.6. The molecule has 8 heteroatoms. The van der Waals surface area contributed by atoms with Gasteiger partial charge in [-0.3, -0.25) is 14.4 Å². The van der Waals surface area contributed by atoms with Crippen LogP contribution in [0.5, 0.6) is 5.75 Å². The van der Waals surface area contributed by atoms with Crippen molar-refractivity contribution in [1.82, 2.24) is 5.32 Å². The maximum absolute atomic E-state index is 12.5. The molecule has 1 atom stereocenters. The van der Waals surface area contributed by atoms with Gasteiger partial charge in [-0.15, -0.1) is 0 Å². The Balaban J connectivity index is 2.26. The lowest BCUT2D eigenvalue weighted by Gasteiger charge is -2.40. The summed E-state index contributed by atoms with van der Waals surface area (Å²) in [6.45, 7) is 6.89. The molecule has 0 spiro atoms. The Kier molecular flexibility index (Phi) is 6.54. The van der Waals surface area contributed by atoms with E-state index in [0.717, 1.165) is 6.42 Å². The van der Waals surface area contributed by atoms with Crippen LogP contribution in [0.3, 0.4) is 0 Å². The SMILES string of the molecule is C=C(CC)C(=O)c1ccc(OC2(C(=O)N[C@@H](C)C(=O)O)CCC2)c(Cl)c1Cl. The fourth-order valence-electron chi connectivity index (χ4n) is 2.61. The lowest BCUT2D eigenvalue weighted by Crippen LogP contribution is -2.58. The van der Waals surface area contributed by atoms with E-state index in [2.05, 4.69) is 11.9 Å². The molecule has 2 rings (SSSR count). The van der Waals surface area contributed by atoms with Gasteiger partial charge < -0.3 is 15.2 Å². The zero-order valence-electron chi connectivity index (χ0n) is 15.1. The number of ether oxygens (including phenoxy) is 1. The summed E-state index contributed by atoms with van der Waals surface area (Å²) in [4.78, 5) is 35.8. The van der Waals surface area contributed by atoms with Crippen molar-refractivity contribution in [3.63, 3.8) is 0 Å². The van der Waals surface area contributed by atoms with Crippen molar-refractivity contribution in [2.75, 3.05) is 0 Å². The Morgan fingerprint density at radius 3 is 2.41 bits per heavy atom. The number of rotatable bonds is 8. The first kappa shape index (κ1) is 21.3. The van der Waals surface area contributed by atoms with Crippen molar-refractivity contribution < 1.29 is 24.2 Å². The van der Waals surface area contributed by atoms with E-state index in [1.807, 2.05) is 6.92 Å². The smallest absolute Gasteiger partial charge is 0.325 e. The number of halogens is 2. The lowest BCUT2D eigenvalue weighted by molar-refractivity contribution is -0.150. The van der Waals surface area contributed by atoms with E-state index in [-0.39, 0.29) is 27.1 Å². The monoisotopic (exact) mass is 413 g/mol. The molecule has 1 aliphatic carbocycles.